The molecule has 1 atom stereocenters. The summed E-state index contributed by atoms with van der Waals surface area (Å²) in [5.74, 6) is 1.51. The highest BCUT2D eigenvalue weighted by Crippen LogP contribution is 2.28. The number of benzene rings is 2. The zero-order valence-corrected chi connectivity index (χ0v) is 17.2. The number of aromatic nitrogens is 2. The maximum absolute atomic E-state index is 11.7. The summed E-state index contributed by atoms with van der Waals surface area (Å²) in [4.78, 5) is 16.2. The molecule has 1 amide bonds. The number of ether oxygens (including phenoxy) is 1. The van der Waals surface area contributed by atoms with Gasteiger partial charge in [0.05, 0.1) is 19.1 Å². The standard InChI is InChI=1S/C21H24N4O3.ClH/c1-3-27-19-7-5-4-6-17(19)18(23-14(2)26)12-20-24-21(25-28-20)16-10-8-15(13-22)9-11-16;/h4-11,18H,3,12-13,22H2,1-2H3,(H,23,26);1H. The molecule has 29 heavy (non-hydrogen) atoms. The van der Waals surface area contributed by atoms with E-state index in [-0.39, 0.29) is 24.4 Å². The summed E-state index contributed by atoms with van der Waals surface area (Å²) in [6.45, 7) is 4.42. The maximum atomic E-state index is 11.7. The van der Waals surface area contributed by atoms with Gasteiger partial charge in [-0.05, 0) is 18.6 Å². The van der Waals surface area contributed by atoms with Crippen LogP contribution in [0.1, 0.15) is 36.9 Å². The highest BCUT2D eigenvalue weighted by atomic mass is 35.5. The van der Waals surface area contributed by atoms with Crippen LogP contribution < -0.4 is 15.8 Å². The van der Waals surface area contributed by atoms with Gasteiger partial charge < -0.3 is 20.3 Å². The van der Waals surface area contributed by atoms with Crippen molar-refractivity contribution in [3.05, 3.63) is 65.5 Å². The van der Waals surface area contributed by atoms with E-state index in [1.807, 2.05) is 55.5 Å². The lowest BCUT2D eigenvalue weighted by molar-refractivity contribution is -0.119. The number of amides is 1. The van der Waals surface area contributed by atoms with E-state index in [2.05, 4.69) is 15.5 Å². The Labute approximate surface area is 176 Å². The molecule has 3 aromatic rings. The predicted octanol–water partition coefficient (Wildman–Crippen LogP) is 3.44. The van der Waals surface area contributed by atoms with Gasteiger partial charge >= 0.3 is 0 Å². The van der Waals surface area contributed by atoms with Crippen LogP contribution in [0.3, 0.4) is 0 Å². The molecule has 1 heterocycles. The summed E-state index contributed by atoms with van der Waals surface area (Å²) >= 11 is 0. The first kappa shape index (κ1) is 22.4. The molecule has 154 valence electrons. The Morgan fingerprint density at radius 2 is 1.93 bits per heavy atom. The van der Waals surface area contributed by atoms with E-state index in [0.717, 1.165) is 22.4 Å². The van der Waals surface area contributed by atoms with Crippen LogP contribution in [0.25, 0.3) is 11.4 Å². The van der Waals surface area contributed by atoms with Crippen molar-refractivity contribution in [3.63, 3.8) is 0 Å². The van der Waals surface area contributed by atoms with Crippen molar-refractivity contribution in [2.24, 2.45) is 5.73 Å². The van der Waals surface area contributed by atoms with Crippen LogP contribution in [0, 0.1) is 0 Å². The summed E-state index contributed by atoms with van der Waals surface area (Å²) in [7, 11) is 0. The van der Waals surface area contributed by atoms with Crippen LogP contribution >= 0.6 is 12.4 Å². The number of carbonyl (C=O) groups is 1. The van der Waals surface area contributed by atoms with Crippen LogP contribution in [0.15, 0.2) is 53.1 Å². The Morgan fingerprint density at radius 1 is 1.21 bits per heavy atom. The minimum absolute atomic E-state index is 0. The molecule has 1 aromatic heterocycles. The normalized spacial score (nSPS) is 11.4. The van der Waals surface area contributed by atoms with E-state index in [1.54, 1.807) is 0 Å². The fraction of sp³-hybridized carbons (Fsp3) is 0.286. The maximum Gasteiger partial charge on any atom is 0.229 e. The second kappa shape index (κ2) is 10.6. The molecule has 0 fully saturated rings. The third-order valence-electron chi connectivity index (χ3n) is 4.27. The second-order valence-corrected chi connectivity index (χ2v) is 6.34. The number of hydrogen-bond donors (Lipinski definition) is 2. The van der Waals surface area contributed by atoms with Crippen molar-refractivity contribution in [1.82, 2.24) is 15.5 Å². The van der Waals surface area contributed by atoms with Crippen LogP contribution in [-0.4, -0.2) is 22.7 Å². The van der Waals surface area contributed by atoms with E-state index in [0.29, 0.717) is 31.3 Å². The highest BCUT2D eigenvalue weighted by Gasteiger charge is 2.21. The summed E-state index contributed by atoms with van der Waals surface area (Å²) in [6.07, 6.45) is 0.359. The lowest BCUT2D eigenvalue weighted by atomic mass is 10.0. The summed E-state index contributed by atoms with van der Waals surface area (Å²) in [5.41, 5.74) is 8.38. The number of para-hydroxylation sites is 1. The molecule has 0 aliphatic heterocycles. The predicted molar refractivity (Wildman–Crippen MR) is 113 cm³/mol. The molecule has 0 saturated carbocycles. The number of carbonyl (C=O) groups excluding carboxylic acids is 1. The number of nitrogens with zero attached hydrogens (tertiary/aromatic N) is 2. The molecule has 0 aliphatic carbocycles. The summed E-state index contributed by atoms with van der Waals surface area (Å²) < 4.78 is 11.1. The molecule has 0 aliphatic rings. The third-order valence-corrected chi connectivity index (χ3v) is 4.27. The molecule has 3 rings (SSSR count). The van der Waals surface area contributed by atoms with Gasteiger partial charge in [0.2, 0.25) is 17.6 Å². The van der Waals surface area contributed by atoms with E-state index >= 15 is 0 Å². The molecule has 7 nitrogen and oxygen atoms in total. The Hall–Kier alpha value is -2.90. The molecule has 0 radical (unpaired) electrons. The Morgan fingerprint density at radius 3 is 2.59 bits per heavy atom. The van der Waals surface area contributed by atoms with Gasteiger partial charge in [-0.1, -0.05) is 47.6 Å². The smallest absolute Gasteiger partial charge is 0.229 e. The summed E-state index contributed by atoms with van der Waals surface area (Å²) in [5, 5.41) is 7.01. The van der Waals surface area contributed by atoms with Gasteiger partial charge in [-0.25, -0.2) is 0 Å². The number of nitrogens with two attached hydrogens (primary N) is 1. The average Bonchev–Trinajstić information content (AvgIpc) is 3.16. The number of rotatable bonds is 8. The fourth-order valence-electron chi connectivity index (χ4n) is 2.96. The van der Waals surface area contributed by atoms with Gasteiger partial charge in [0.1, 0.15) is 5.75 Å². The molecule has 3 N–H and O–H groups in total. The molecule has 8 heteroatoms. The number of nitrogens with one attached hydrogen (secondary N) is 1. The van der Waals surface area contributed by atoms with E-state index in [9.17, 15) is 4.79 Å². The zero-order valence-electron chi connectivity index (χ0n) is 16.4. The molecule has 0 spiro atoms. The first-order valence-corrected chi connectivity index (χ1v) is 9.21. The third kappa shape index (κ3) is 5.79. The summed E-state index contributed by atoms with van der Waals surface area (Å²) in [6, 6.07) is 15.0. The number of hydrogen-bond acceptors (Lipinski definition) is 6. The zero-order chi connectivity index (χ0) is 19.9. The SMILES string of the molecule is CCOc1ccccc1C(Cc1nc(-c2ccc(CN)cc2)no1)NC(C)=O.Cl. The molecule has 0 bridgehead atoms. The minimum Gasteiger partial charge on any atom is -0.494 e. The minimum atomic E-state index is -0.340. The van der Waals surface area contributed by atoms with Crippen molar-refractivity contribution in [3.8, 4) is 17.1 Å². The highest BCUT2D eigenvalue weighted by molar-refractivity contribution is 5.85. The van der Waals surface area contributed by atoms with Gasteiger partial charge in [-0.2, -0.15) is 4.98 Å². The first-order chi connectivity index (χ1) is 13.6. The quantitative estimate of drug-likeness (QED) is 0.583. The van der Waals surface area contributed by atoms with Gasteiger partial charge in [-0.15, -0.1) is 12.4 Å². The fourth-order valence-corrected chi connectivity index (χ4v) is 2.96. The monoisotopic (exact) mass is 416 g/mol. The van der Waals surface area contributed by atoms with Gasteiger partial charge in [0.15, 0.2) is 0 Å². The Bertz CT molecular complexity index is 928. The van der Waals surface area contributed by atoms with Crippen molar-refractivity contribution >= 4 is 18.3 Å². The molecular weight excluding hydrogens is 392 g/mol. The van der Waals surface area contributed by atoms with Gasteiger partial charge in [0, 0.05) is 24.6 Å². The second-order valence-electron chi connectivity index (χ2n) is 6.34. The average molecular weight is 417 g/mol. The van der Waals surface area contributed by atoms with Crippen molar-refractivity contribution in [2.45, 2.75) is 32.9 Å². The van der Waals surface area contributed by atoms with Crippen LogP contribution in [0.4, 0.5) is 0 Å². The van der Waals surface area contributed by atoms with Crippen LogP contribution in [0.2, 0.25) is 0 Å². The van der Waals surface area contributed by atoms with Crippen molar-refractivity contribution in [2.75, 3.05) is 6.61 Å². The van der Waals surface area contributed by atoms with E-state index in [1.165, 1.54) is 6.92 Å². The van der Waals surface area contributed by atoms with Crippen molar-refractivity contribution < 1.29 is 14.1 Å². The molecular formula is C21H25ClN4O3. The largest absolute Gasteiger partial charge is 0.494 e. The molecule has 1 unspecified atom stereocenters. The van der Waals surface area contributed by atoms with E-state index in [4.69, 9.17) is 15.0 Å². The Kier molecular flexibility index (Phi) is 8.18. The lowest BCUT2D eigenvalue weighted by Crippen LogP contribution is -2.28. The van der Waals surface area contributed by atoms with Crippen LogP contribution in [0.5, 0.6) is 5.75 Å². The van der Waals surface area contributed by atoms with Crippen LogP contribution in [-0.2, 0) is 17.8 Å². The first-order valence-electron chi connectivity index (χ1n) is 9.21. The Balaban J connectivity index is 0.00000300. The molecule has 2 aromatic carbocycles. The van der Waals surface area contributed by atoms with Gasteiger partial charge in [-0.3, -0.25) is 4.79 Å². The topological polar surface area (TPSA) is 103 Å². The van der Waals surface area contributed by atoms with Gasteiger partial charge in [0.25, 0.3) is 0 Å². The van der Waals surface area contributed by atoms with Crippen molar-refractivity contribution in [1.29, 1.82) is 0 Å². The lowest BCUT2D eigenvalue weighted by Gasteiger charge is -2.19. The number of halogens is 1. The molecule has 0 saturated heterocycles. The van der Waals surface area contributed by atoms with E-state index < -0.39 is 0 Å².